The number of amides is 2. The number of para-hydroxylation sites is 1. The average Bonchev–Trinajstić information content (AvgIpc) is 2.55. The molecule has 2 rings (SSSR count). The fraction of sp³-hybridized carbons (Fsp3) is 0.263. The molecule has 0 radical (unpaired) electrons. The SMILES string of the molecule is CC(=O)Nc1cccc(N(CC(=O)Nc2c(C)cccc2C)S(C)(=O)=O)c1. The summed E-state index contributed by atoms with van der Waals surface area (Å²) in [5.74, 6) is -0.728. The summed E-state index contributed by atoms with van der Waals surface area (Å²) < 4.78 is 25.5. The van der Waals surface area contributed by atoms with E-state index in [-0.39, 0.29) is 12.5 Å². The number of nitrogens with zero attached hydrogens (tertiary/aromatic N) is 1. The monoisotopic (exact) mass is 389 g/mol. The lowest BCUT2D eigenvalue weighted by molar-refractivity contribution is -0.115. The predicted octanol–water partition coefficient (Wildman–Crippen LogP) is 2.67. The van der Waals surface area contributed by atoms with Crippen LogP contribution in [-0.2, 0) is 19.6 Å². The van der Waals surface area contributed by atoms with E-state index < -0.39 is 15.9 Å². The zero-order valence-electron chi connectivity index (χ0n) is 15.7. The molecule has 8 heteroatoms. The fourth-order valence-electron chi connectivity index (χ4n) is 2.66. The van der Waals surface area contributed by atoms with E-state index in [1.165, 1.54) is 13.0 Å². The first-order valence-electron chi connectivity index (χ1n) is 8.29. The van der Waals surface area contributed by atoms with Gasteiger partial charge in [-0.25, -0.2) is 8.42 Å². The van der Waals surface area contributed by atoms with Crippen LogP contribution in [0.2, 0.25) is 0 Å². The molecule has 0 aromatic heterocycles. The van der Waals surface area contributed by atoms with Crippen LogP contribution >= 0.6 is 0 Å². The molecule has 2 amide bonds. The minimum Gasteiger partial charge on any atom is -0.326 e. The quantitative estimate of drug-likeness (QED) is 0.794. The van der Waals surface area contributed by atoms with E-state index in [4.69, 9.17) is 0 Å². The summed E-state index contributed by atoms with van der Waals surface area (Å²) in [6.45, 7) is 4.72. The summed E-state index contributed by atoms with van der Waals surface area (Å²) in [7, 11) is -3.71. The van der Waals surface area contributed by atoms with Crippen molar-refractivity contribution in [3.05, 3.63) is 53.6 Å². The van der Waals surface area contributed by atoms with Crippen LogP contribution < -0.4 is 14.9 Å². The van der Waals surface area contributed by atoms with Crippen LogP contribution in [0, 0.1) is 13.8 Å². The Kier molecular flexibility index (Phi) is 6.22. The van der Waals surface area contributed by atoms with E-state index in [0.29, 0.717) is 17.1 Å². The molecule has 0 saturated heterocycles. The molecule has 0 unspecified atom stereocenters. The summed E-state index contributed by atoms with van der Waals surface area (Å²) in [5.41, 5.74) is 3.19. The van der Waals surface area contributed by atoms with Gasteiger partial charge in [0.25, 0.3) is 0 Å². The Labute approximate surface area is 159 Å². The normalized spacial score (nSPS) is 11.0. The molecular weight excluding hydrogens is 366 g/mol. The number of carbonyl (C=O) groups excluding carboxylic acids is 2. The molecule has 27 heavy (non-hydrogen) atoms. The number of hydrogen-bond acceptors (Lipinski definition) is 4. The molecule has 0 fully saturated rings. The number of sulfonamides is 1. The molecule has 0 spiro atoms. The Bertz CT molecular complexity index is 950. The van der Waals surface area contributed by atoms with Crippen molar-refractivity contribution in [2.45, 2.75) is 20.8 Å². The molecule has 0 saturated carbocycles. The van der Waals surface area contributed by atoms with E-state index >= 15 is 0 Å². The van der Waals surface area contributed by atoms with Gasteiger partial charge in [0.1, 0.15) is 6.54 Å². The Morgan fingerprint density at radius 1 is 1.00 bits per heavy atom. The minimum absolute atomic E-state index is 0.272. The van der Waals surface area contributed by atoms with Gasteiger partial charge < -0.3 is 10.6 Å². The Morgan fingerprint density at radius 3 is 2.15 bits per heavy atom. The van der Waals surface area contributed by atoms with Crippen LogP contribution in [0.4, 0.5) is 17.1 Å². The topological polar surface area (TPSA) is 95.6 Å². The highest BCUT2D eigenvalue weighted by atomic mass is 32.2. The van der Waals surface area contributed by atoms with Crippen LogP contribution in [0.3, 0.4) is 0 Å². The van der Waals surface area contributed by atoms with Gasteiger partial charge >= 0.3 is 0 Å². The molecule has 144 valence electrons. The highest BCUT2D eigenvalue weighted by molar-refractivity contribution is 7.92. The van der Waals surface area contributed by atoms with Gasteiger partial charge in [-0.15, -0.1) is 0 Å². The second-order valence-electron chi connectivity index (χ2n) is 6.32. The van der Waals surface area contributed by atoms with Crippen molar-refractivity contribution in [1.82, 2.24) is 0 Å². The van der Waals surface area contributed by atoms with Crippen LogP contribution in [0.5, 0.6) is 0 Å². The van der Waals surface area contributed by atoms with Crippen LogP contribution in [-0.4, -0.2) is 33.0 Å². The maximum absolute atomic E-state index is 12.5. The summed E-state index contributed by atoms with van der Waals surface area (Å²) >= 11 is 0. The number of anilines is 3. The maximum Gasteiger partial charge on any atom is 0.245 e. The lowest BCUT2D eigenvalue weighted by atomic mass is 10.1. The van der Waals surface area contributed by atoms with E-state index in [2.05, 4.69) is 10.6 Å². The van der Waals surface area contributed by atoms with E-state index in [0.717, 1.165) is 21.7 Å². The van der Waals surface area contributed by atoms with Gasteiger partial charge in [-0.1, -0.05) is 24.3 Å². The van der Waals surface area contributed by atoms with Crippen molar-refractivity contribution in [2.24, 2.45) is 0 Å². The van der Waals surface area contributed by atoms with Gasteiger partial charge in [0.05, 0.1) is 11.9 Å². The van der Waals surface area contributed by atoms with Gasteiger partial charge in [-0.05, 0) is 43.2 Å². The summed E-state index contributed by atoms with van der Waals surface area (Å²) in [6, 6.07) is 12.0. The van der Waals surface area contributed by atoms with Crippen LogP contribution in [0.25, 0.3) is 0 Å². The predicted molar refractivity (Wildman–Crippen MR) is 107 cm³/mol. The molecule has 0 bridgehead atoms. The molecule has 0 aliphatic heterocycles. The van der Waals surface area contributed by atoms with Crippen molar-refractivity contribution in [3.63, 3.8) is 0 Å². The van der Waals surface area contributed by atoms with Crippen LogP contribution in [0.15, 0.2) is 42.5 Å². The van der Waals surface area contributed by atoms with Crippen LogP contribution in [0.1, 0.15) is 18.1 Å². The van der Waals surface area contributed by atoms with Crippen molar-refractivity contribution in [1.29, 1.82) is 0 Å². The molecule has 0 heterocycles. The van der Waals surface area contributed by atoms with E-state index in [1.54, 1.807) is 18.2 Å². The second-order valence-corrected chi connectivity index (χ2v) is 8.22. The Balaban J connectivity index is 2.28. The van der Waals surface area contributed by atoms with Gasteiger partial charge in [-0.2, -0.15) is 0 Å². The van der Waals surface area contributed by atoms with Crippen molar-refractivity contribution in [2.75, 3.05) is 27.7 Å². The molecule has 0 aliphatic carbocycles. The fourth-order valence-corrected chi connectivity index (χ4v) is 3.51. The highest BCUT2D eigenvalue weighted by Gasteiger charge is 2.22. The molecule has 2 N–H and O–H groups in total. The number of nitrogens with one attached hydrogen (secondary N) is 2. The number of carbonyl (C=O) groups is 2. The van der Waals surface area contributed by atoms with Gasteiger partial charge in [0.2, 0.25) is 21.8 Å². The zero-order valence-corrected chi connectivity index (χ0v) is 16.6. The number of benzene rings is 2. The largest absolute Gasteiger partial charge is 0.326 e. The zero-order chi connectivity index (χ0) is 20.2. The summed E-state index contributed by atoms with van der Waals surface area (Å²) in [5, 5.41) is 5.38. The van der Waals surface area contributed by atoms with Gasteiger partial charge in [-0.3, -0.25) is 13.9 Å². The lowest BCUT2D eigenvalue weighted by Gasteiger charge is -2.23. The molecule has 2 aromatic rings. The Hall–Kier alpha value is -2.87. The summed E-state index contributed by atoms with van der Waals surface area (Å²) in [4.78, 5) is 23.8. The van der Waals surface area contributed by atoms with E-state index in [1.807, 2.05) is 32.0 Å². The maximum atomic E-state index is 12.5. The third-order valence-corrected chi connectivity index (χ3v) is 5.03. The average molecular weight is 389 g/mol. The third-order valence-electron chi connectivity index (χ3n) is 3.89. The first kappa shape index (κ1) is 20.4. The Morgan fingerprint density at radius 2 is 1.59 bits per heavy atom. The highest BCUT2D eigenvalue weighted by Crippen LogP contribution is 2.23. The first-order valence-corrected chi connectivity index (χ1v) is 10.1. The standard InChI is InChI=1S/C19H23N3O4S/c1-13-7-5-8-14(2)19(13)21-18(24)12-22(27(4,25)26)17-10-6-9-16(11-17)20-15(3)23/h5-11H,12H2,1-4H3,(H,20,23)(H,21,24). The van der Waals surface area contributed by atoms with Gasteiger partial charge in [0.15, 0.2) is 0 Å². The third kappa shape index (κ3) is 5.55. The molecule has 7 nitrogen and oxygen atoms in total. The van der Waals surface area contributed by atoms with Gasteiger partial charge in [0, 0.05) is 18.3 Å². The molecule has 0 aliphatic rings. The molecular formula is C19H23N3O4S. The van der Waals surface area contributed by atoms with Crippen molar-refractivity contribution in [3.8, 4) is 0 Å². The number of aryl methyl sites for hydroxylation is 2. The minimum atomic E-state index is -3.71. The molecule has 2 aromatic carbocycles. The van der Waals surface area contributed by atoms with Crippen molar-refractivity contribution < 1.29 is 18.0 Å². The van der Waals surface area contributed by atoms with Crippen molar-refractivity contribution >= 4 is 38.9 Å². The van der Waals surface area contributed by atoms with E-state index in [9.17, 15) is 18.0 Å². The lowest BCUT2D eigenvalue weighted by Crippen LogP contribution is -2.37. The molecule has 0 atom stereocenters. The smallest absolute Gasteiger partial charge is 0.245 e. The summed E-state index contributed by atoms with van der Waals surface area (Å²) in [6.07, 6.45) is 1.03. The first-order chi connectivity index (χ1) is 12.6. The number of rotatable bonds is 6. The second kappa shape index (κ2) is 8.22. The number of hydrogen-bond donors (Lipinski definition) is 2.